The first kappa shape index (κ1) is 19.6. The molecule has 0 aliphatic carbocycles. The van der Waals surface area contributed by atoms with Crippen LogP contribution in [0.3, 0.4) is 0 Å². The van der Waals surface area contributed by atoms with Crippen LogP contribution in [-0.2, 0) is 4.74 Å². The minimum Gasteiger partial charge on any atom is -0.397 e. The predicted octanol–water partition coefficient (Wildman–Crippen LogP) is 2.79. The van der Waals surface area contributed by atoms with E-state index in [0.717, 1.165) is 41.8 Å². The second-order valence-electron chi connectivity index (χ2n) is 8.50. The van der Waals surface area contributed by atoms with E-state index in [1.165, 1.54) is 0 Å². The van der Waals surface area contributed by atoms with Crippen LogP contribution in [0.2, 0.25) is 0 Å². The van der Waals surface area contributed by atoms with Gasteiger partial charge in [-0.15, -0.1) is 0 Å². The van der Waals surface area contributed by atoms with Crippen LogP contribution in [0.4, 0.5) is 11.4 Å². The molecular formula is C23H26N6O2. The van der Waals surface area contributed by atoms with Crippen LogP contribution >= 0.6 is 0 Å². The van der Waals surface area contributed by atoms with Gasteiger partial charge in [0, 0.05) is 30.7 Å². The summed E-state index contributed by atoms with van der Waals surface area (Å²) in [7, 11) is 2.11. The molecule has 2 aromatic carbocycles. The van der Waals surface area contributed by atoms with E-state index in [1.807, 2.05) is 42.5 Å². The summed E-state index contributed by atoms with van der Waals surface area (Å²) in [4.78, 5) is 25.8. The Morgan fingerprint density at radius 2 is 2.06 bits per heavy atom. The van der Waals surface area contributed by atoms with Gasteiger partial charge in [0.1, 0.15) is 11.4 Å². The molecule has 1 saturated heterocycles. The molecule has 3 heterocycles. The fourth-order valence-corrected chi connectivity index (χ4v) is 4.28. The molecule has 4 aromatic rings. The second-order valence-corrected chi connectivity index (χ2v) is 8.50. The van der Waals surface area contributed by atoms with E-state index in [-0.39, 0.29) is 11.2 Å². The number of likely N-dealkylation sites (N-methyl/N-ethyl adjacent to an activating group) is 1. The lowest BCUT2D eigenvalue weighted by molar-refractivity contribution is -0.0823. The van der Waals surface area contributed by atoms with Gasteiger partial charge in [-0.25, -0.2) is 4.98 Å². The highest BCUT2D eigenvalue weighted by atomic mass is 16.5. The van der Waals surface area contributed by atoms with Crippen molar-refractivity contribution in [1.29, 1.82) is 0 Å². The van der Waals surface area contributed by atoms with Crippen LogP contribution in [0, 0.1) is 0 Å². The molecule has 0 amide bonds. The van der Waals surface area contributed by atoms with E-state index in [2.05, 4.69) is 39.1 Å². The first-order chi connectivity index (χ1) is 14.9. The number of ether oxygens (including phenoxy) is 1. The number of fused-ring (bicyclic) bond motifs is 2. The molecule has 0 saturated carbocycles. The lowest BCUT2D eigenvalue weighted by Gasteiger charge is -2.39. The Labute approximate surface area is 179 Å². The molecule has 0 radical (unpaired) electrons. The highest BCUT2D eigenvalue weighted by Crippen LogP contribution is 2.29. The molecule has 2 aromatic heterocycles. The Kier molecular flexibility index (Phi) is 4.68. The monoisotopic (exact) mass is 418 g/mol. The fraction of sp³-hybridized carbons (Fsp3) is 0.304. The molecule has 1 unspecified atom stereocenters. The number of anilines is 2. The van der Waals surface area contributed by atoms with Crippen LogP contribution < -0.4 is 16.6 Å². The number of nitrogens with one attached hydrogen (secondary N) is 3. The zero-order chi connectivity index (χ0) is 21.6. The van der Waals surface area contributed by atoms with E-state index in [1.54, 1.807) is 0 Å². The zero-order valence-corrected chi connectivity index (χ0v) is 17.7. The quantitative estimate of drug-likeness (QED) is 0.405. The number of nitrogen functional groups attached to an aromatic ring is 1. The summed E-state index contributed by atoms with van der Waals surface area (Å²) in [6.07, 6.45) is 0. The Hall–Kier alpha value is -3.36. The van der Waals surface area contributed by atoms with E-state index in [4.69, 9.17) is 10.5 Å². The number of rotatable bonds is 4. The number of pyridine rings is 1. The molecule has 5 rings (SSSR count). The molecule has 8 nitrogen and oxygen atoms in total. The number of aromatic nitrogens is 3. The van der Waals surface area contributed by atoms with Crippen molar-refractivity contribution in [2.24, 2.45) is 0 Å². The number of nitrogens with zero attached hydrogens (tertiary/aromatic N) is 2. The second kappa shape index (κ2) is 7.40. The van der Waals surface area contributed by atoms with Crippen molar-refractivity contribution >= 4 is 33.3 Å². The molecule has 1 aliphatic heterocycles. The van der Waals surface area contributed by atoms with Gasteiger partial charge in [-0.3, -0.25) is 4.79 Å². The van der Waals surface area contributed by atoms with Crippen molar-refractivity contribution in [2.75, 3.05) is 44.3 Å². The molecule has 5 N–H and O–H groups in total. The van der Waals surface area contributed by atoms with Crippen LogP contribution in [0.1, 0.15) is 6.92 Å². The minimum absolute atomic E-state index is 0.242. The summed E-state index contributed by atoms with van der Waals surface area (Å²) in [5.41, 5.74) is 9.89. The number of morpholine rings is 1. The maximum absolute atomic E-state index is 12.7. The third kappa shape index (κ3) is 3.64. The first-order valence-corrected chi connectivity index (χ1v) is 10.4. The molecule has 31 heavy (non-hydrogen) atoms. The molecule has 0 bridgehead atoms. The lowest BCUT2D eigenvalue weighted by Crippen LogP contribution is -2.52. The average Bonchev–Trinajstić information content (AvgIpc) is 3.15. The highest BCUT2D eigenvalue weighted by molar-refractivity contribution is 5.97. The average molecular weight is 419 g/mol. The van der Waals surface area contributed by atoms with Crippen molar-refractivity contribution in [2.45, 2.75) is 12.5 Å². The molecule has 0 spiro atoms. The number of nitrogens with two attached hydrogens (primary N) is 1. The number of H-pyrrole nitrogens is 2. The number of para-hydroxylation sites is 1. The summed E-state index contributed by atoms with van der Waals surface area (Å²) in [5, 5.41) is 4.27. The van der Waals surface area contributed by atoms with Crippen molar-refractivity contribution in [3.05, 3.63) is 52.8 Å². The highest BCUT2D eigenvalue weighted by Gasteiger charge is 2.30. The normalized spacial score (nSPS) is 19.8. The van der Waals surface area contributed by atoms with Gasteiger partial charge >= 0.3 is 0 Å². The lowest BCUT2D eigenvalue weighted by atomic mass is 10.0. The molecule has 8 heteroatoms. The Balaban J connectivity index is 1.45. The minimum atomic E-state index is -0.264. The number of hydrogen-bond donors (Lipinski definition) is 4. The number of hydrogen-bond acceptors (Lipinski definition) is 6. The van der Waals surface area contributed by atoms with Gasteiger partial charge in [0.05, 0.1) is 34.4 Å². The van der Waals surface area contributed by atoms with Crippen LogP contribution in [-0.4, -0.2) is 58.7 Å². The van der Waals surface area contributed by atoms with E-state index < -0.39 is 0 Å². The van der Waals surface area contributed by atoms with Gasteiger partial charge in [-0.1, -0.05) is 18.2 Å². The van der Waals surface area contributed by atoms with Crippen molar-refractivity contribution in [1.82, 2.24) is 19.9 Å². The maximum atomic E-state index is 12.7. The maximum Gasteiger partial charge on any atom is 0.261 e. The summed E-state index contributed by atoms with van der Waals surface area (Å²) < 4.78 is 5.99. The van der Waals surface area contributed by atoms with Crippen molar-refractivity contribution in [3.8, 4) is 11.4 Å². The summed E-state index contributed by atoms with van der Waals surface area (Å²) in [5.74, 6) is 0.459. The Morgan fingerprint density at radius 3 is 2.90 bits per heavy atom. The molecule has 1 atom stereocenters. The van der Waals surface area contributed by atoms with Gasteiger partial charge in [0.25, 0.3) is 5.56 Å². The van der Waals surface area contributed by atoms with Gasteiger partial charge < -0.3 is 30.7 Å². The SMILES string of the molecule is CN1CCOC(C)(CNc2ccc3nc(-c4c(N)c5ccccc5[nH]c4=O)[nH]c3c2)C1. The topological polar surface area (TPSA) is 112 Å². The van der Waals surface area contributed by atoms with Crippen molar-refractivity contribution in [3.63, 3.8) is 0 Å². The number of benzene rings is 2. The van der Waals surface area contributed by atoms with E-state index in [0.29, 0.717) is 29.1 Å². The van der Waals surface area contributed by atoms with Crippen LogP contribution in [0.5, 0.6) is 0 Å². The Morgan fingerprint density at radius 1 is 1.23 bits per heavy atom. The number of imidazole rings is 1. The smallest absolute Gasteiger partial charge is 0.261 e. The number of aromatic amines is 2. The molecule has 160 valence electrons. The van der Waals surface area contributed by atoms with Gasteiger partial charge in [0.15, 0.2) is 0 Å². The fourth-order valence-electron chi connectivity index (χ4n) is 4.28. The van der Waals surface area contributed by atoms with E-state index >= 15 is 0 Å². The van der Waals surface area contributed by atoms with Gasteiger partial charge in [-0.05, 0) is 38.2 Å². The molecular weight excluding hydrogens is 392 g/mol. The predicted molar refractivity (Wildman–Crippen MR) is 124 cm³/mol. The largest absolute Gasteiger partial charge is 0.397 e. The van der Waals surface area contributed by atoms with Crippen LogP contribution in [0.15, 0.2) is 47.3 Å². The van der Waals surface area contributed by atoms with E-state index in [9.17, 15) is 4.79 Å². The van der Waals surface area contributed by atoms with Gasteiger partial charge in [-0.2, -0.15) is 0 Å². The van der Waals surface area contributed by atoms with Crippen LogP contribution in [0.25, 0.3) is 33.3 Å². The molecule has 1 fully saturated rings. The Bertz CT molecular complexity index is 1330. The summed E-state index contributed by atoms with van der Waals surface area (Å²) in [6.45, 7) is 5.38. The first-order valence-electron chi connectivity index (χ1n) is 10.4. The standard InChI is InChI=1S/C23H26N6O2/c1-23(13-29(2)9-10-31-23)12-25-14-7-8-17-18(11-14)27-21(26-17)19-20(24)15-5-3-4-6-16(15)28-22(19)30/h3-8,11,25H,9-10,12-13H2,1-2H3,(H,26,27)(H3,24,28,30). The summed E-state index contributed by atoms with van der Waals surface area (Å²) >= 11 is 0. The van der Waals surface area contributed by atoms with Crippen molar-refractivity contribution < 1.29 is 4.74 Å². The summed E-state index contributed by atoms with van der Waals surface area (Å²) in [6, 6.07) is 13.4. The molecule has 1 aliphatic rings. The van der Waals surface area contributed by atoms with Gasteiger partial charge in [0.2, 0.25) is 0 Å². The zero-order valence-electron chi connectivity index (χ0n) is 17.7. The third-order valence-corrected chi connectivity index (χ3v) is 5.87. The third-order valence-electron chi connectivity index (χ3n) is 5.87.